The molecule has 2 heterocycles. The largest absolute Gasteiger partial charge is 0.307 e. The summed E-state index contributed by atoms with van der Waals surface area (Å²) >= 11 is 1.91. The van der Waals surface area contributed by atoms with Crippen molar-refractivity contribution in [3.63, 3.8) is 0 Å². The molecule has 2 nitrogen and oxygen atoms in total. The SMILES string of the molecule is Cc1cc(C(C)NC2CCN(C)CC2C)c(C)s1. The van der Waals surface area contributed by atoms with Crippen LogP contribution in [-0.4, -0.2) is 31.1 Å². The first-order valence-corrected chi connectivity index (χ1v) is 7.80. The summed E-state index contributed by atoms with van der Waals surface area (Å²) in [4.78, 5) is 5.33. The van der Waals surface area contributed by atoms with Crippen LogP contribution in [0.4, 0.5) is 0 Å². The normalized spacial score (nSPS) is 27.4. The van der Waals surface area contributed by atoms with Crippen molar-refractivity contribution in [1.82, 2.24) is 10.2 Å². The maximum absolute atomic E-state index is 3.84. The van der Waals surface area contributed by atoms with Crippen LogP contribution in [0.15, 0.2) is 6.07 Å². The van der Waals surface area contributed by atoms with Gasteiger partial charge in [-0.2, -0.15) is 0 Å². The molecule has 2 rings (SSSR count). The molecule has 0 radical (unpaired) electrons. The van der Waals surface area contributed by atoms with Crippen molar-refractivity contribution in [3.05, 3.63) is 21.4 Å². The third-order valence-corrected chi connectivity index (χ3v) is 5.10. The van der Waals surface area contributed by atoms with Gasteiger partial charge in [-0.3, -0.25) is 0 Å². The molecule has 0 spiro atoms. The van der Waals surface area contributed by atoms with E-state index in [1.54, 1.807) is 0 Å². The fraction of sp³-hybridized carbons (Fsp3) is 0.733. The van der Waals surface area contributed by atoms with Crippen LogP contribution in [0.3, 0.4) is 0 Å². The molecule has 1 aliphatic heterocycles. The highest BCUT2D eigenvalue weighted by molar-refractivity contribution is 7.12. The van der Waals surface area contributed by atoms with Gasteiger partial charge in [0.05, 0.1) is 0 Å². The van der Waals surface area contributed by atoms with E-state index in [1.165, 1.54) is 34.8 Å². The Bertz CT molecular complexity index is 399. The van der Waals surface area contributed by atoms with Crippen LogP contribution in [0, 0.1) is 19.8 Å². The lowest BCUT2D eigenvalue weighted by atomic mass is 9.93. The second-order valence-corrected chi connectivity index (χ2v) is 7.35. The van der Waals surface area contributed by atoms with E-state index >= 15 is 0 Å². The lowest BCUT2D eigenvalue weighted by Gasteiger charge is -2.37. The molecule has 0 bridgehead atoms. The van der Waals surface area contributed by atoms with Gasteiger partial charge in [0.25, 0.3) is 0 Å². The van der Waals surface area contributed by atoms with Crippen LogP contribution < -0.4 is 5.32 Å². The Labute approximate surface area is 115 Å². The second kappa shape index (κ2) is 5.72. The van der Waals surface area contributed by atoms with Crippen molar-refractivity contribution in [2.75, 3.05) is 20.1 Å². The van der Waals surface area contributed by atoms with E-state index in [0.717, 1.165) is 5.92 Å². The topological polar surface area (TPSA) is 15.3 Å². The Balaban J connectivity index is 1.99. The van der Waals surface area contributed by atoms with E-state index in [1.807, 2.05) is 11.3 Å². The molecule has 18 heavy (non-hydrogen) atoms. The first-order chi connectivity index (χ1) is 8.47. The molecule has 1 fully saturated rings. The van der Waals surface area contributed by atoms with E-state index in [-0.39, 0.29) is 0 Å². The zero-order chi connectivity index (χ0) is 13.3. The van der Waals surface area contributed by atoms with Crippen molar-refractivity contribution in [2.45, 2.75) is 46.2 Å². The first kappa shape index (κ1) is 14.0. The number of rotatable bonds is 3. The minimum absolute atomic E-state index is 0.478. The van der Waals surface area contributed by atoms with Crippen LogP contribution in [0.5, 0.6) is 0 Å². The van der Waals surface area contributed by atoms with Crippen LogP contribution in [0.2, 0.25) is 0 Å². The fourth-order valence-corrected chi connectivity index (χ4v) is 4.12. The van der Waals surface area contributed by atoms with Crippen LogP contribution >= 0.6 is 11.3 Å². The third-order valence-electron chi connectivity index (χ3n) is 4.12. The summed E-state index contributed by atoms with van der Waals surface area (Å²) in [5.74, 6) is 0.742. The van der Waals surface area contributed by atoms with E-state index in [2.05, 4.69) is 51.0 Å². The summed E-state index contributed by atoms with van der Waals surface area (Å²) in [5, 5.41) is 3.84. The monoisotopic (exact) mass is 266 g/mol. The predicted octanol–water partition coefficient (Wildman–Crippen LogP) is 3.36. The van der Waals surface area contributed by atoms with Gasteiger partial charge in [0.2, 0.25) is 0 Å². The molecule has 1 aromatic heterocycles. The third kappa shape index (κ3) is 3.14. The fourth-order valence-electron chi connectivity index (χ4n) is 3.09. The molecule has 0 amide bonds. The number of hydrogen-bond acceptors (Lipinski definition) is 3. The number of hydrogen-bond donors (Lipinski definition) is 1. The Hall–Kier alpha value is -0.380. The van der Waals surface area contributed by atoms with Crippen LogP contribution in [-0.2, 0) is 0 Å². The number of thiophene rings is 1. The summed E-state index contributed by atoms with van der Waals surface area (Å²) in [5.41, 5.74) is 1.49. The minimum atomic E-state index is 0.478. The molecular weight excluding hydrogens is 240 g/mol. The van der Waals surface area contributed by atoms with Gasteiger partial charge < -0.3 is 10.2 Å². The molecule has 3 atom stereocenters. The highest BCUT2D eigenvalue weighted by Crippen LogP contribution is 2.28. The van der Waals surface area contributed by atoms with Crippen molar-refractivity contribution in [1.29, 1.82) is 0 Å². The molecule has 1 N–H and O–H groups in total. The number of likely N-dealkylation sites (tertiary alicyclic amines) is 1. The van der Waals surface area contributed by atoms with Gasteiger partial charge in [-0.25, -0.2) is 0 Å². The molecule has 1 aromatic rings. The molecule has 0 aromatic carbocycles. The number of nitrogens with zero attached hydrogens (tertiary/aromatic N) is 1. The molecule has 102 valence electrons. The maximum Gasteiger partial charge on any atom is 0.0305 e. The van der Waals surface area contributed by atoms with Crippen LogP contribution in [0.25, 0.3) is 0 Å². The number of piperidine rings is 1. The van der Waals surface area contributed by atoms with Crippen molar-refractivity contribution in [2.24, 2.45) is 5.92 Å². The summed E-state index contributed by atoms with van der Waals surface area (Å²) in [6.07, 6.45) is 1.27. The molecule has 1 saturated heterocycles. The molecular formula is C15H26N2S. The number of nitrogens with one attached hydrogen (secondary N) is 1. The zero-order valence-corrected chi connectivity index (χ0v) is 13.1. The average Bonchev–Trinajstić information content (AvgIpc) is 2.62. The van der Waals surface area contributed by atoms with Gasteiger partial charge >= 0.3 is 0 Å². The van der Waals surface area contributed by atoms with Gasteiger partial charge in [-0.05, 0) is 58.3 Å². The second-order valence-electron chi connectivity index (χ2n) is 5.89. The number of aryl methyl sites for hydroxylation is 2. The van der Waals surface area contributed by atoms with Gasteiger partial charge in [0.1, 0.15) is 0 Å². The van der Waals surface area contributed by atoms with Crippen molar-refractivity contribution in [3.8, 4) is 0 Å². The molecule has 3 heteroatoms. The summed E-state index contributed by atoms with van der Waals surface area (Å²) in [6.45, 7) is 11.5. The molecule has 1 aliphatic rings. The maximum atomic E-state index is 3.84. The van der Waals surface area contributed by atoms with E-state index < -0.39 is 0 Å². The van der Waals surface area contributed by atoms with Crippen LogP contribution in [0.1, 0.15) is 41.6 Å². The Kier molecular flexibility index (Phi) is 4.46. The molecule has 0 saturated carbocycles. The predicted molar refractivity (Wildman–Crippen MR) is 80.4 cm³/mol. The summed E-state index contributed by atoms with van der Waals surface area (Å²) in [6, 6.07) is 3.48. The lowest BCUT2D eigenvalue weighted by Crippen LogP contribution is -2.47. The minimum Gasteiger partial charge on any atom is -0.307 e. The van der Waals surface area contributed by atoms with Gasteiger partial charge in [0, 0.05) is 28.4 Å². The summed E-state index contributed by atoms with van der Waals surface area (Å²) < 4.78 is 0. The molecule has 0 aliphatic carbocycles. The zero-order valence-electron chi connectivity index (χ0n) is 12.3. The smallest absolute Gasteiger partial charge is 0.0305 e. The highest BCUT2D eigenvalue weighted by Gasteiger charge is 2.25. The Morgan fingerprint density at radius 3 is 2.72 bits per heavy atom. The van der Waals surface area contributed by atoms with Gasteiger partial charge in [-0.1, -0.05) is 6.92 Å². The first-order valence-electron chi connectivity index (χ1n) is 6.99. The van der Waals surface area contributed by atoms with E-state index in [4.69, 9.17) is 0 Å². The van der Waals surface area contributed by atoms with E-state index in [9.17, 15) is 0 Å². The standard InChI is InChI=1S/C15H26N2S/c1-10-9-17(5)7-6-15(10)16-12(3)14-8-11(2)18-13(14)4/h8,10,12,15-16H,6-7,9H2,1-5H3. The Morgan fingerprint density at radius 1 is 1.44 bits per heavy atom. The highest BCUT2D eigenvalue weighted by atomic mass is 32.1. The lowest BCUT2D eigenvalue weighted by molar-refractivity contribution is 0.168. The van der Waals surface area contributed by atoms with E-state index in [0.29, 0.717) is 12.1 Å². The quantitative estimate of drug-likeness (QED) is 0.902. The van der Waals surface area contributed by atoms with Gasteiger partial charge in [-0.15, -0.1) is 11.3 Å². The Morgan fingerprint density at radius 2 is 2.17 bits per heavy atom. The summed E-state index contributed by atoms with van der Waals surface area (Å²) in [7, 11) is 2.22. The molecule has 3 unspecified atom stereocenters. The van der Waals surface area contributed by atoms with Crippen molar-refractivity contribution < 1.29 is 0 Å². The van der Waals surface area contributed by atoms with Crippen molar-refractivity contribution >= 4 is 11.3 Å². The van der Waals surface area contributed by atoms with Gasteiger partial charge in [0.15, 0.2) is 0 Å². The average molecular weight is 266 g/mol.